The van der Waals surface area contributed by atoms with Crippen molar-refractivity contribution in [1.82, 2.24) is 0 Å². The third-order valence-electron chi connectivity index (χ3n) is 2.25. The summed E-state index contributed by atoms with van der Waals surface area (Å²) in [4.78, 5) is 0. The monoisotopic (exact) mass is 410 g/mol. The fourth-order valence-electron chi connectivity index (χ4n) is 1.39. The minimum Gasteiger partial charge on any atom is -0.322 e. The zero-order valence-corrected chi connectivity index (χ0v) is 17.4. The number of nitrogens with zero attached hydrogens (tertiary/aromatic N) is 2. The summed E-state index contributed by atoms with van der Waals surface area (Å²) in [5.41, 5.74) is -1.49. The van der Waals surface area contributed by atoms with Crippen molar-refractivity contribution in [2.45, 2.75) is 20.8 Å². The Hall–Kier alpha value is 0.120. The maximum absolute atomic E-state index is 5.86. The van der Waals surface area contributed by atoms with Crippen molar-refractivity contribution in [3.63, 3.8) is 0 Å². The molecule has 0 fully saturated rings. The van der Waals surface area contributed by atoms with E-state index in [0.717, 1.165) is 15.7 Å². The summed E-state index contributed by atoms with van der Waals surface area (Å²) >= 11 is 14.3. The number of rotatable bonds is 8. The highest BCUT2D eigenvalue weighted by Gasteiger charge is 2.22. The van der Waals surface area contributed by atoms with E-state index in [-0.39, 0.29) is 0 Å². The molecule has 0 radical (unpaired) electrons. The minimum atomic E-state index is -2.42. The van der Waals surface area contributed by atoms with Crippen LogP contribution in [-0.4, -0.2) is 29.6 Å². The van der Waals surface area contributed by atoms with Gasteiger partial charge in [0.1, 0.15) is 0 Å². The Kier molecular flexibility index (Phi) is 10.7. The van der Waals surface area contributed by atoms with Gasteiger partial charge in [0, 0.05) is 5.02 Å². The summed E-state index contributed by atoms with van der Waals surface area (Å²) < 4.78 is 12.0. The smallest absolute Gasteiger partial charge is 0.254 e. The molecule has 0 aliphatic rings. The van der Waals surface area contributed by atoms with Crippen molar-refractivity contribution in [3.8, 4) is 0 Å². The van der Waals surface area contributed by atoms with E-state index in [4.69, 9.17) is 32.5 Å². The Morgan fingerprint density at radius 3 is 2.35 bits per heavy atom. The van der Waals surface area contributed by atoms with Crippen LogP contribution < -0.4 is 0 Å². The van der Waals surface area contributed by atoms with Crippen LogP contribution in [0, 0.1) is 0 Å². The van der Waals surface area contributed by atoms with E-state index in [1.165, 1.54) is 11.4 Å². The lowest BCUT2D eigenvalue weighted by Crippen LogP contribution is -1.95. The number of benzene rings is 1. The molecule has 0 N–H and O–H groups in total. The Bertz CT molecular complexity index is 572. The largest absolute Gasteiger partial charge is 0.322 e. The second kappa shape index (κ2) is 11.6. The average molecular weight is 411 g/mol. The van der Waals surface area contributed by atoms with Crippen LogP contribution in [0.2, 0.25) is 5.02 Å². The van der Waals surface area contributed by atoms with Crippen LogP contribution in [0.5, 0.6) is 0 Å². The van der Waals surface area contributed by atoms with Crippen molar-refractivity contribution in [1.29, 1.82) is 0 Å². The molecule has 9 heteroatoms. The maximum Gasteiger partial charge on any atom is 0.254 e. The van der Waals surface area contributed by atoms with E-state index < -0.39 is 5.69 Å². The first-order chi connectivity index (χ1) is 11.0. The molecular formula is C14H20ClN2O2PS3. The minimum absolute atomic E-state index is 0.516. The Morgan fingerprint density at radius 1 is 1.22 bits per heavy atom. The number of hydrogen-bond donors (Lipinski definition) is 0. The molecule has 0 unspecified atom stereocenters. The van der Waals surface area contributed by atoms with Gasteiger partial charge in [0.2, 0.25) is 0 Å². The van der Waals surface area contributed by atoms with Crippen LogP contribution in [0.3, 0.4) is 0 Å². The van der Waals surface area contributed by atoms with E-state index in [2.05, 4.69) is 17.1 Å². The Morgan fingerprint density at radius 2 is 1.83 bits per heavy atom. The molecule has 0 bridgehead atoms. The molecule has 0 aliphatic carbocycles. The maximum atomic E-state index is 5.86. The number of halogens is 1. The van der Waals surface area contributed by atoms with Crippen molar-refractivity contribution < 1.29 is 9.05 Å². The summed E-state index contributed by atoms with van der Waals surface area (Å²) in [7, 11) is 0. The lowest BCUT2D eigenvalue weighted by Gasteiger charge is -2.19. The van der Waals surface area contributed by atoms with Crippen molar-refractivity contribution in [2.24, 2.45) is 10.2 Å². The molecule has 0 aromatic heterocycles. The summed E-state index contributed by atoms with van der Waals surface area (Å²) in [6, 6.07) is 7.39. The summed E-state index contributed by atoms with van der Waals surface area (Å²) in [6.45, 7) is 6.89. The van der Waals surface area contributed by atoms with Crippen molar-refractivity contribution in [2.75, 3.05) is 19.0 Å². The van der Waals surface area contributed by atoms with E-state index in [9.17, 15) is 0 Å². The van der Waals surface area contributed by atoms with E-state index in [0.29, 0.717) is 18.2 Å². The molecule has 4 nitrogen and oxygen atoms in total. The summed E-state index contributed by atoms with van der Waals surface area (Å²) in [5.74, 6) is 0.871. The van der Waals surface area contributed by atoms with Crippen LogP contribution in [0.1, 0.15) is 26.3 Å². The highest BCUT2D eigenvalue weighted by atomic mass is 35.5. The first-order valence-corrected chi connectivity index (χ1v) is 12.5. The van der Waals surface area contributed by atoms with Crippen LogP contribution in [0.15, 0.2) is 34.5 Å². The van der Waals surface area contributed by atoms with Gasteiger partial charge in [0.15, 0.2) is 4.38 Å². The quantitative estimate of drug-likeness (QED) is 0.234. The van der Waals surface area contributed by atoms with Gasteiger partial charge in [0.05, 0.1) is 19.4 Å². The molecule has 0 amide bonds. The van der Waals surface area contributed by atoms with Gasteiger partial charge >= 0.3 is 0 Å². The molecule has 1 rings (SSSR count). The van der Waals surface area contributed by atoms with Crippen LogP contribution in [0.4, 0.5) is 0 Å². The molecule has 1 aromatic carbocycles. The molecule has 0 heterocycles. The predicted molar refractivity (Wildman–Crippen MR) is 110 cm³/mol. The van der Waals surface area contributed by atoms with Crippen LogP contribution in [-0.2, 0) is 20.9 Å². The topological polar surface area (TPSA) is 43.2 Å². The summed E-state index contributed by atoms with van der Waals surface area (Å²) in [5, 5.41) is 9.09. The van der Waals surface area contributed by atoms with Gasteiger partial charge in [-0.25, -0.2) is 0 Å². The van der Waals surface area contributed by atoms with Gasteiger partial charge in [-0.15, -0.1) is 5.10 Å². The lowest BCUT2D eigenvalue weighted by molar-refractivity contribution is 0.281. The molecule has 0 aliphatic heterocycles. The second-order valence-corrected chi connectivity index (χ2v) is 12.0. The van der Waals surface area contributed by atoms with Gasteiger partial charge in [-0.3, -0.25) is 0 Å². The van der Waals surface area contributed by atoms with Crippen LogP contribution in [0.25, 0.3) is 0 Å². The summed E-state index contributed by atoms with van der Waals surface area (Å²) in [6.07, 6.45) is 1.68. The molecule has 1 aromatic rings. The zero-order chi connectivity index (χ0) is 17.1. The second-order valence-electron chi connectivity index (χ2n) is 3.97. The molecule has 0 saturated heterocycles. The van der Waals surface area contributed by atoms with Gasteiger partial charge in [-0.05, 0) is 60.5 Å². The van der Waals surface area contributed by atoms with E-state index >= 15 is 0 Å². The molecule has 128 valence electrons. The highest BCUT2D eigenvalue weighted by Crippen LogP contribution is 2.62. The van der Waals surface area contributed by atoms with Gasteiger partial charge in [-0.2, -0.15) is 5.10 Å². The third kappa shape index (κ3) is 8.68. The Balaban J connectivity index is 2.83. The number of hydrogen-bond acceptors (Lipinski definition) is 7. The predicted octanol–water partition coefficient (Wildman–Crippen LogP) is 5.81. The fourth-order valence-corrected chi connectivity index (χ4v) is 8.20. The van der Waals surface area contributed by atoms with E-state index in [1.807, 2.05) is 38.1 Å². The lowest BCUT2D eigenvalue weighted by atomic mass is 10.2. The molecule has 0 atom stereocenters. The Labute approximate surface area is 156 Å². The molecular weight excluding hydrogens is 391 g/mol. The van der Waals surface area contributed by atoms with Crippen molar-refractivity contribution in [3.05, 3.63) is 34.9 Å². The normalized spacial score (nSPS) is 13.0. The molecule has 0 saturated carbocycles. The van der Waals surface area contributed by atoms with Crippen LogP contribution >= 0.6 is 40.4 Å². The molecule has 23 heavy (non-hydrogen) atoms. The number of thioether (sulfide) groups is 1. The first kappa shape index (κ1) is 21.2. The SMILES string of the molecule is CCOP(=S)(OCC)S/C(=N\N=C\c1ccc(Cl)cc1)SCC. The zero-order valence-electron chi connectivity index (χ0n) is 13.3. The first-order valence-electron chi connectivity index (χ1n) is 7.11. The van der Waals surface area contributed by atoms with E-state index in [1.54, 1.807) is 18.0 Å². The fraction of sp³-hybridized carbons (Fsp3) is 0.429. The van der Waals surface area contributed by atoms with Gasteiger partial charge in [0.25, 0.3) is 5.69 Å². The average Bonchev–Trinajstić information content (AvgIpc) is 2.50. The third-order valence-corrected chi connectivity index (χ3v) is 8.83. The van der Waals surface area contributed by atoms with Gasteiger partial charge < -0.3 is 9.05 Å². The van der Waals surface area contributed by atoms with Gasteiger partial charge in [-0.1, -0.05) is 42.4 Å². The molecule has 0 spiro atoms. The van der Waals surface area contributed by atoms with Crippen molar-refractivity contribution >= 4 is 62.8 Å². The highest BCUT2D eigenvalue weighted by molar-refractivity contribution is 8.78. The standard InChI is InChI=1S/C14H20ClN2O2PS3/c1-4-18-20(21,19-5-2)23-14(22-6-3)17-16-11-12-7-9-13(15)10-8-12/h7-11H,4-6H2,1-3H3/b16-11+,17-14-.